The zero-order chi connectivity index (χ0) is 47.8. The van der Waals surface area contributed by atoms with Crippen LogP contribution in [0.2, 0.25) is 0 Å². The minimum Gasteiger partial charge on any atom is -0.462 e. The molecule has 68 heavy (non-hydrogen) atoms. The van der Waals surface area contributed by atoms with Gasteiger partial charge in [0.05, 0.1) is 36.9 Å². The Morgan fingerprint density at radius 1 is 0.779 bits per heavy atom. The second-order valence-electron chi connectivity index (χ2n) is 20.4. The monoisotopic (exact) mass is 940 g/mol. The van der Waals surface area contributed by atoms with Crippen LogP contribution < -0.4 is 0 Å². The lowest BCUT2D eigenvalue weighted by molar-refractivity contribution is -0.314. The van der Waals surface area contributed by atoms with Crippen molar-refractivity contribution in [1.29, 1.82) is 0 Å². The molecule has 9 rings (SSSR count). The number of rotatable bonds is 11. The van der Waals surface area contributed by atoms with Gasteiger partial charge >= 0.3 is 12.1 Å². The van der Waals surface area contributed by atoms with Crippen LogP contribution >= 0.6 is 0 Å². The van der Waals surface area contributed by atoms with Gasteiger partial charge in [0.25, 0.3) is 0 Å². The number of benzene rings is 2. The van der Waals surface area contributed by atoms with Crippen molar-refractivity contribution >= 4 is 17.8 Å². The lowest BCUT2D eigenvalue weighted by Gasteiger charge is -2.44. The van der Waals surface area contributed by atoms with E-state index in [-0.39, 0.29) is 109 Å². The van der Waals surface area contributed by atoms with Crippen LogP contribution in [-0.4, -0.2) is 125 Å². The van der Waals surface area contributed by atoms with Crippen molar-refractivity contribution in [1.82, 2.24) is 4.90 Å². The summed E-state index contributed by atoms with van der Waals surface area (Å²) >= 11 is 0. The number of amides is 1. The number of hydrogen-bond acceptors (Lipinski definition) is 12. The predicted molar refractivity (Wildman–Crippen MR) is 253 cm³/mol. The van der Waals surface area contributed by atoms with Crippen molar-refractivity contribution in [3.05, 3.63) is 83.5 Å². The molecule has 0 aromatic heterocycles. The van der Waals surface area contributed by atoms with Gasteiger partial charge in [-0.3, -0.25) is 9.59 Å². The number of fused-ring (bicyclic) bond motifs is 8. The minimum atomic E-state index is -0.627. The summed E-state index contributed by atoms with van der Waals surface area (Å²) in [6.07, 6.45) is 8.46. The number of cyclic esters (lactones) is 1. The zero-order valence-corrected chi connectivity index (χ0v) is 41.2. The van der Waals surface area contributed by atoms with Crippen LogP contribution in [0.4, 0.5) is 4.79 Å². The highest BCUT2D eigenvalue weighted by Crippen LogP contribution is 2.54. The smallest absolute Gasteiger partial charge is 0.409 e. The molecule has 17 atom stereocenters. The Morgan fingerprint density at radius 2 is 1.49 bits per heavy atom. The van der Waals surface area contributed by atoms with Gasteiger partial charge in [0.2, 0.25) is 0 Å². The highest BCUT2D eigenvalue weighted by molar-refractivity contribution is 5.99. The number of methoxy groups -OCH3 is 3. The summed E-state index contributed by atoms with van der Waals surface area (Å²) in [5, 5.41) is 0. The molecule has 3 aliphatic heterocycles. The molecule has 1 saturated carbocycles. The van der Waals surface area contributed by atoms with E-state index in [0.717, 1.165) is 19.3 Å². The summed E-state index contributed by atoms with van der Waals surface area (Å²) in [6, 6.07) is 16.4. The molecular weight excluding hydrogens is 867 g/mol. The van der Waals surface area contributed by atoms with Crippen molar-refractivity contribution in [2.75, 3.05) is 35.0 Å². The molecule has 1 amide bonds. The van der Waals surface area contributed by atoms with E-state index in [9.17, 15) is 14.4 Å². The van der Waals surface area contributed by atoms with Crippen molar-refractivity contribution in [3.8, 4) is 11.1 Å². The first-order valence-corrected chi connectivity index (χ1v) is 25.3. The number of carbonyl (C=O) groups excluding carboxylic acids is 3. The summed E-state index contributed by atoms with van der Waals surface area (Å²) in [4.78, 5) is 44.0. The van der Waals surface area contributed by atoms with Gasteiger partial charge in [-0.2, -0.15) is 0 Å². The van der Waals surface area contributed by atoms with Crippen LogP contribution in [0.15, 0.2) is 72.3 Å². The van der Waals surface area contributed by atoms with Gasteiger partial charge in [-0.05, 0) is 110 Å². The first-order chi connectivity index (χ1) is 32.9. The third kappa shape index (κ3) is 9.62. The number of esters is 1. The molecule has 370 valence electrons. The van der Waals surface area contributed by atoms with E-state index in [1.165, 1.54) is 22.3 Å². The molecule has 4 aliphatic carbocycles. The van der Waals surface area contributed by atoms with Crippen molar-refractivity contribution in [3.63, 3.8) is 0 Å². The zero-order valence-electron chi connectivity index (χ0n) is 41.2. The standard InChI is InChI=1S/C55H73NO12/c1-9-34-15-14-20-47(68-49-24-23-46(31(3)64-49)56(5)55(59)63-29-45-38-18-12-10-16-36(38)37-17-11-13-19-39(37)45)30(2)50(58)44-27-42-40(43(44)28-48(57)66-34)22-21-33-25-35(26-41(33)42)67-54-53(62-8)52(61-7)51(60-6)32(4)65-54/h10-13,16-19,21-22,27,30-35,40-43,45-47,49,51-54H,9,14-15,20,23-26,28-29H2,1-8H3/t30-,31?,32?,33-,34+,35-,40-,41-,42-,43+,46+,47+,49+,51?,52?,53?,54?/m1/s1. The molecule has 2 aromatic rings. The summed E-state index contributed by atoms with van der Waals surface area (Å²) in [6.45, 7) is 8.22. The highest BCUT2D eigenvalue weighted by atomic mass is 16.7. The molecule has 2 aromatic carbocycles. The normalized spacial score (nSPS) is 38.2. The molecule has 0 bridgehead atoms. The van der Waals surface area contributed by atoms with Gasteiger partial charge in [-0.1, -0.05) is 80.6 Å². The fourth-order valence-corrected chi connectivity index (χ4v) is 13.1. The lowest BCUT2D eigenvalue weighted by Crippen LogP contribution is -2.59. The SMILES string of the molecule is CC[C@H]1CCC[C@H](O[C@H]2CC[C@H](N(C)C(=O)OCC3c4ccccc4-c4ccccc43)C(C)O2)[C@@H](C)C(=O)C2=C[C@@H]3[C@@H](C=C[C@@H]4C[C@@H](OC5OC(C)C(OC)C(OC)C5OC)C[C@@H]34)[C@@H]2CC(=O)O1. The van der Waals surface area contributed by atoms with Crippen LogP contribution in [0.3, 0.4) is 0 Å². The third-order valence-electron chi connectivity index (χ3n) is 16.7. The average molecular weight is 940 g/mol. The van der Waals surface area contributed by atoms with Gasteiger partial charge in [0.15, 0.2) is 18.4 Å². The Balaban J connectivity index is 0.857. The van der Waals surface area contributed by atoms with E-state index in [4.69, 9.17) is 42.6 Å². The van der Waals surface area contributed by atoms with Crippen LogP contribution in [-0.2, 0) is 52.2 Å². The van der Waals surface area contributed by atoms with Crippen molar-refractivity contribution in [2.45, 2.75) is 159 Å². The van der Waals surface area contributed by atoms with E-state index in [1.54, 1.807) is 33.3 Å². The molecule has 3 heterocycles. The Bertz CT molecular complexity index is 2130. The number of likely N-dealkylation sites (N-methyl/N-ethyl adjacent to an activating group) is 1. The Hall–Kier alpha value is -3.95. The van der Waals surface area contributed by atoms with Gasteiger partial charge < -0.3 is 47.5 Å². The Kier molecular flexibility index (Phi) is 15.3. The summed E-state index contributed by atoms with van der Waals surface area (Å²) < 4.78 is 56.1. The maximum atomic E-state index is 15.0. The average Bonchev–Trinajstić information content (AvgIpc) is 4.02. The van der Waals surface area contributed by atoms with Gasteiger partial charge in [-0.15, -0.1) is 0 Å². The van der Waals surface area contributed by atoms with E-state index >= 15 is 0 Å². The largest absolute Gasteiger partial charge is 0.462 e. The first kappa shape index (κ1) is 49.0. The van der Waals surface area contributed by atoms with Crippen LogP contribution in [0.25, 0.3) is 11.1 Å². The second-order valence-corrected chi connectivity index (χ2v) is 20.4. The van der Waals surface area contributed by atoms with Gasteiger partial charge in [0.1, 0.15) is 31.0 Å². The Labute approximate surface area is 402 Å². The van der Waals surface area contributed by atoms with Gasteiger partial charge in [-0.25, -0.2) is 4.79 Å². The predicted octanol–water partition coefficient (Wildman–Crippen LogP) is 8.81. The van der Waals surface area contributed by atoms with Crippen LogP contribution in [0.1, 0.15) is 103 Å². The maximum absolute atomic E-state index is 15.0. The first-order valence-electron chi connectivity index (χ1n) is 25.3. The number of ketones is 1. The summed E-state index contributed by atoms with van der Waals surface area (Å²) in [5.74, 6) is -0.491. The number of carbonyl (C=O) groups is 3. The lowest BCUT2D eigenvalue weighted by atomic mass is 9.70. The topological polar surface area (TPSA) is 138 Å². The summed E-state index contributed by atoms with van der Waals surface area (Å²) in [5.41, 5.74) is 5.43. The summed E-state index contributed by atoms with van der Waals surface area (Å²) in [7, 11) is 6.73. The van der Waals surface area contributed by atoms with Gasteiger partial charge in [0, 0.05) is 52.6 Å². The van der Waals surface area contributed by atoms with E-state index in [2.05, 4.69) is 49.4 Å². The van der Waals surface area contributed by atoms with Crippen molar-refractivity contribution < 1.29 is 57.0 Å². The number of hydrogen-bond donors (Lipinski definition) is 0. The molecule has 4 fully saturated rings. The van der Waals surface area contributed by atoms with E-state index in [1.807, 2.05) is 45.0 Å². The fourth-order valence-electron chi connectivity index (χ4n) is 13.1. The van der Waals surface area contributed by atoms with E-state index in [0.29, 0.717) is 37.7 Å². The molecular formula is C55H73NO12. The molecule has 3 saturated heterocycles. The van der Waals surface area contributed by atoms with Crippen molar-refractivity contribution in [2.24, 2.45) is 35.5 Å². The second kappa shape index (κ2) is 21.2. The molecule has 0 spiro atoms. The highest BCUT2D eigenvalue weighted by Gasteiger charge is 2.53. The third-order valence-corrected chi connectivity index (χ3v) is 16.7. The molecule has 0 radical (unpaired) electrons. The molecule has 13 nitrogen and oxygen atoms in total. The molecule has 0 N–H and O–H groups in total. The molecule has 7 aliphatic rings. The molecule has 13 heteroatoms. The number of Topliss-reactive ketones (excluding diaryl/α,β-unsaturated/α-hetero) is 1. The fraction of sp³-hybridized carbons (Fsp3) is 0.655. The number of allylic oxidation sites excluding steroid dienone is 4. The van der Waals surface area contributed by atoms with E-state index < -0.39 is 30.7 Å². The maximum Gasteiger partial charge on any atom is 0.409 e. The molecule has 6 unspecified atom stereocenters. The van der Waals surface area contributed by atoms with Crippen LogP contribution in [0.5, 0.6) is 0 Å². The number of nitrogens with zero attached hydrogens (tertiary/aromatic N) is 1. The van der Waals surface area contributed by atoms with Crippen LogP contribution in [0, 0.1) is 35.5 Å². The Morgan fingerprint density at radius 3 is 2.16 bits per heavy atom. The quantitative estimate of drug-likeness (QED) is 0.157. The minimum absolute atomic E-state index is 0.0120. The number of ether oxygens (including phenoxy) is 9.